The minimum absolute atomic E-state index is 0.0698. The molecule has 8 heteroatoms. The molecule has 0 saturated heterocycles. The molecule has 3 rings (SSSR count). The van der Waals surface area contributed by atoms with Crippen LogP contribution in [0.3, 0.4) is 0 Å². The fourth-order valence-corrected chi connectivity index (χ4v) is 2.67. The van der Waals surface area contributed by atoms with E-state index in [1.807, 2.05) is 6.92 Å². The van der Waals surface area contributed by atoms with Gasteiger partial charge in [-0.15, -0.1) is 0 Å². The second kappa shape index (κ2) is 10.3. The largest absolute Gasteiger partial charge is 0.508 e. The van der Waals surface area contributed by atoms with Crippen molar-refractivity contribution in [2.24, 2.45) is 5.10 Å². The highest BCUT2D eigenvalue weighted by Gasteiger charge is 2.13. The molecule has 0 bridgehead atoms. The smallest absolute Gasteiger partial charge is 0.343 e. The molecule has 0 aliphatic carbocycles. The minimum Gasteiger partial charge on any atom is -0.508 e. The molecule has 0 unspecified atom stereocenters. The number of benzene rings is 3. The Morgan fingerprint density at radius 1 is 1.00 bits per heavy atom. The number of hydrogen-bond acceptors (Lipinski definition) is 6. The molecule has 158 valence electrons. The zero-order chi connectivity index (χ0) is 22.2. The summed E-state index contributed by atoms with van der Waals surface area (Å²) in [4.78, 5) is 24.4. The number of carbonyl (C=O) groups is 2. The van der Waals surface area contributed by atoms with Crippen LogP contribution in [0.1, 0.15) is 33.2 Å². The van der Waals surface area contributed by atoms with Gasteiger partial charge in [0, 0.05) is 10.6 Å². The van der Waals surface area contributed by atoms with Crippen molar-refractivity contribution in [1.82, 2.24) is 5.43 Å². The Bertz CT molecular complexity index is 1100. The lowest BCUT2D eigenvalue weighted by Gasteiger charge is -2.11. The number of halogens is 1. The molecule has 31 heavy (non-hydrogen) atoms. The van der Waals surface area contributed by atoms with E-state index >= 15 is 0 Å². The molecule has 1 amide bonds. The second-order valence-corrected chi connectivity index (χ2v) is 6.72. The van der Waals surface area contributed by atoms with Crippen molar-refractivity contribution in [3.63, 3.8) is 0 Å². The second-order valence-electron chi connectivity index (χ2n) is 6.28. The lowest BCUT2D eigenvalue weighted by atomic mass is 10.2. The molecule has 2 N–H and O–H groups in total. The van der Waals surface area contributed by atoms with Crippen LogP contribution in [0.2, 0.25) is 5.02 Å². The summed E-state index contributed by atoms with van der Waals surface area (Å²) in [6.07, 6.45) is 1.44. The first-order chi connectivity index (χ1) is 15.0. The predicted molar refractivity (Wildman–Crippen MR) is 117 cm³/mol. The molecular formula is C23H19ClN2O5. The Kier molecular flexibility index (Phi) is 7.24. The molecule has 3 aromatic rings. The maximum absolute atomic E-state index is 12.4. The quantitative estimate of drug-likeness (QED) is 0.246. The number of phenols is 1. The lowest BCUT2D eigenvalue weighted by molar-refractivity contribution is 0.0728. The Morgan fingerprint density at radius 3 is 2.35 bits per heavy atom. The van der Waals surface area contributed by atoms with Gasteiger partial charge in [-0.3, -0.25) is 4.79 Å². The summed E-state index contributed by atoms with van der Waals surface area (Å²) in [7, 11) is 0. The van der Waals surface area contributed by atoms with Crippen LogP contribution in [0.5, 0.6) is 17.2 Å². The van der Waals surface area contributed by atoms with Crippen LogP contribution >= 0.6 is 11.6 Å². The van der Waals surface area contributed by atoms with Gasteiger partial charge in [-0.05, 0) is 79.2 Å². The Balaban J connectivity index is 1.69. The van der Waals surface area contributed by atoms with Gasteiger partial charge in [-0.2, -0.15) is 5.10 Å². The molecule has 0 spiro atoms. The number of nitrogens with one attached hydrogen (secondary N) is 1. The van der Waals surface area contributed by atoms with E-state index in [0.29, 0.717) is 34.1 Å². The molecule has 0 heterocycles. The third-order valence-corrected chi connectivity index (χ3v) is 4.31. The summed E-state index contributed by atoms with van der Waals surface area (Å²) in [5.74, 6) is -0.277. The fraction of sp³-hybridized carbons (Fsp3) is 0.0870. The van der Waals surface area contributed by atoms with Crippen LogP contribution in [0.25, 0.3) is 0 Å². The van der Waals surface area contributed by atoms with Crippen molar-refractivity contribution in [3.8, 4) is 17.2 Å². The highest BCUT2D eigenvalue weighted by atomic mass is 35.5. The van der Waals surface area contributed by atoms with E-state index in [9.17, 15) is 14.7 Å². The van der Waals surface area contributed by atoms with Crippen molar-refractivity contribution in [2.75, 3.05) is 6.61 Å². The van der Waals surface area contributed by atoms with E-state index in [1.165, 1.54) is 30.5 Å². The Morgan fingerprint density at radius 2 is 1.68 bits per heavy atom. The van der Waals surface area contributed by atoms with Gasteiger partial charge in [0.2, 0.25) is 0 Å². The molecule has 0 atom stereocenters. The molecule has 3 aromatic carbocycles. The number of nitrogens with zero attached hydrogens (tertiary/aromatic N) is 1. The summed E-state index contributed by atoms with van der Waals surface area (Å²) in [6.45, 7) is 2.17. The summed E-state index contributed by atoms with van der Waals surface area (Å²) in [5, 5.41) is 13.7. The van der Waals surface area contributed by atoms with Gasteiger partial charge in [0.05, 0.1) is 18.4 Å². The van der Waals surface area contributed by atoms with Crippen molar-refractivity contribution < 1.29 is 24.2 Å². The summed E-state index contributed by atoms with van der Waals surface area (Å²) < 4.78 is 11.0. The number of phenolic OH excluding ortho intramolecular Hbond substituents is 1. The van der Waals surface area contributed by atoms with Gasteiger partial charge >= 0.3 is 5.97 Å². The van der Waals surface area contributed by atoms with Crippen LogP contribution in [0, 0.1) is 0 Å². The fourth-order valence-electron chi connectivity index (χ4n) is 2.55. The maximum Gasteiger partial charge on any atom is 0.343 e. The van der Waals surface area contributed by atoms with Gasteiger partial charge < -0.3 is 14.6 Å². The molecule has 7 nitrogen and oxygen atoms in total. The summed E-state index contributed by atoms with van der Waals surface area (Å²) in [5.41, 5.74) is 3.74. The van der Waals surface area contributed by atoms with E-state index in [4.69, 9.17) is 21.1 Å². The Labute approximate surface area is 183 Å². The van der Waals surface area contributed by atoms with Crippen molar-refractivity contribution in [3.05, 3.63) is 88.4 Å². The van der Waals surface area contributed by atoms with E-state index in [0.717, 1.165) is 0 Å². The van der Waals surface area contributed by atoms with Gasteiger partial charge in [-0.1, -0.05) is 11.6 Å². The average molecular weight is 439 g/mol. The molecule has 0 saturated carbocycles. The van der Waals surface area contributed by atoms with Crippen LogP contribution in [0.4, 0.5) is 0 Å². The van der Waals surface area contributed by atoms with E-state index in [1.54, 1.807) is 42.5 Å². The number of amides is 1. The number of rotatable bonds is 7. The number of carbonyl (C=O) groups excluding carboxylic acids is 2. The normalized spacial score (nSPS) is 10.6. The summed E-state index contributed by atoms with van der Waals surface area (Å²) in [6, 6.07) is 17.0. The SMILES string of the molecule is CCOc1cc(C=NNC(=O)c2ccc(O)cc2)ccc1OC(=O)c1ccc(Cl)cc1. The topological polar surface area (TPSA) is 97.2 Å². The molecule has 0 fully saturated rings. The van der Waals surface area contributed by atoms with Crippen molar-refractivity contribution in [2.45, 2.75) is 6.92 Å². The zero-order valence-corrected chi connectivity index (χ0v) is 17.3. The van der Waals surface area contributed by atoms with Crippen LogP contribution in [-0.4, -0.2) is 29.8 Å². The molecule has 0 aromatic heterocycles. The third kappa shape index (κ3) is 6.07. The van der Waals surface area contributed by atoms with E-state index in [2.05, 4.69) is 10.5 Å². The average Bonchev–Trinajstić information content (AvgIpc) is 2.76. The number of ether oxygens (including phenoxy) is 2. The first-order valence-electron chi connectivity index (χ1n) is 9.33. The predicted octanol–water partition coefficient (Wildman–Crippen LogP) is 4.43. The standard InChI is InChI=1S/C23H19ClN2O5/c1-2-30-21-13-15(14-25-26-22(28)16-6-10-19(27)11-7-16)3-12-20(21)31-23(29)17-4-8-18(24)9-5-17/h3-14,27H,2H2,1H3,(H,26,28). The highest BCUT2D eigenvalue weighted by molar-refractivity contribution is 6.30. The molecule has 0 radical (unpaired) electrons. The van der Waals surface area contributed by atoms with Gasteiger partial charge in [0.15, 0.2) is 11.5 Å². The number of aromatic hydroxyl groups is 1. The minimum atomic E-state index is -0.541. The van der Waals surface area contributed by atoms with Crippen LogP contribution in [0.15, 0.2) is 71.8 Å². The van der Waals surface area contributed by atoms with Gasteiger partial charge in [0.25, 0.3) is 5.91 Å². The Hall–Kier alpha value is -3.84. The lowest BCUT2D eigenvalue weighted by Crippen LogP contribution is -2.17. The highest BCUT2D eigenvalue weighted by Crippen LogP contribution is 2.29. The number of hydrazone groups is 1. The first kappa shape index (κ1) is 21.9. The molecule has 0 aliphatic rings. The molecular weight excluding hydrogens is 420 g/mol. The first-order valence-corrected chi connectivity index (χ1v) is 9.71. The van der Waals surface area contributed by atoms with Crippen molar-refractivity contribution >= 4 is 29.7 Å². The third-order valence-electron chi connectivity index (χ3n) is 4.06. The zero-order valence-electron chi connectivity index (χ0n) is 16.5. The summed E-state index contributed by atoms with van der Waals surface area (Å²) >= 11 is 5.84. The van der Waals surface area contributed by atoms with Gasteiger partial charge in [0.1, 0.15) is 5.75 Å². The number of esters is 1. The van der Waals surface area contributed by atoms with Crippen molar-refractivity contribution in [1.29, 1.82) is 0 Å². The van der Waals surface area contributed by atoms with Gasteiger partial charge in [-0.25, -0.2) is 10.2 Å². The maximum atomic E-state index is 12.4. The van der Waals surface area contributed by atoms with Crippen LogP contribution < -0.4 is 14.9 Å². The van der Waals surface area contributed by atoms with Crippen LogP contribution in [-0.2, 0) is 0 Å². The van der Waals surface area contributed by atoms with E-state index < -0.39 is 11.9 Å². The van der Waals surface area contributed by atoms with E-state index in [-0.39, 0.29) is 11.5 Å². The monoisotopic (exact) mass is 438 g/mol. The molecule has 0 aliphatic heterocycles. The number of hydrogen-bond donors (Lipinski definition) is 2.